The molecule has 2 N–H and O–H groups in total. The molecular formula is C19H18BrN3O2. The Morgan fingerprint density at radius 2 is 2.16 bits per heavy atom. The Labute approximate surface area is 155 Å². The van der Waals surface area contributed by atoms with Gasteiger partial charge in [-0.2, -0.15) is 5.26 Å². The lowest BCUT2D eigenvalue weighted by Crippen LogP contribution is -2.36. The molecule has 3 rings (SSSR count). The van der Waals surface area contributed by atoms with Gasteiger partial charge in [-0.1, -0.05) is 40.2 Å². The van der Waals surface area contributed by atoms with Gasteiger partial charge in [-0.15, -0.1) is 0 Å². The summed E-state index contributed by atoms with van der Waals surface area (Å²) in [4.78, 5) is 12.2. The van der Waals surface area contributed by atoms with E-state index in [0.29, 0.717) is 12.3 Å². The maximum atomic E-state index is 12.2. The largest absolute Gasteiger partial charge is 0.479 e. The number of benzene rings is 2. The molecule has 0 aromatic heterocycles. The number of rotatable bonds is 5. The Kier molecular flexibility index (Phi) is 5.56. The summed E-state index contributed by atoms with van der Waals surface area (Å²) in [6, 6.07) is 15.2. The number of fused-ring (bicyclic) bond motifs is 1. The van der Waals surface area contributed by atoms with Crippen LogP contribution in [0.15, 0.2) is 46.9 Å². The molecule has 128 valence electrons. The SMILES string of the molecule is N#CCOc1cccc(CNC(=O)NC2CCc3c(Br)cccc32)c1. The third kappa shape index (κ3) is 4.31. The van der Waals surface area contributed by atoms with Crippen LogP contribution in [0.4, 0.5) is 4.79 Å². The van der Waals surface area contributed by atoms with Crippen molar-refractivity contribution in [3.8, 4) is 11.8 Å². The van der Waals surface area contributed by atoms with E-state index >= 15 is 0 Å². The normalized spacial score (nSPS) is 15.1. The number of hydrogen-bond acceptors (Lipinski definition) is 3. The quantitative estimate of drug-likeness (QED) is 0.801. The van der Waals surface area contributed by atoms with Crippen molar-refractivity contribution in [2.24, 2.45) is 0 Å². The lowest BCUT2D eigenvalue weighted by Gasteiger charge is -2.15. The van der Waals surface area contributed by atoms with Crippen molar-refractivity contribution >= 4 is 22.0 Å². The van der Waals surface area contributed by atoms with Crippen LogP contribution in [-0.2, 0) is 13.0 Å². The summed E-state index contributed by atoms with van der Waals surface area (Å²) in [5.74, 6) is 0.621. The lowest BCUT2D eigenvalue weighted by molar-refractivity contribution is 0.236. The predicted octanol–water partition coefficient (Wildman–Crippen LogP) is 3.84. The lowest BCUT2D eigenvalue weighted by atomic mass is 10.1. The van der Waals surface area contributed by atoms with Crippen LogP contribution in [0, 0.1) is 11.3 Å². The molecule has 0 heterocycles. The zero-order valence-electron chi connectivity index (χ0n) is 13.6. The molecule has 1 unspecified atom stereocenters. The Bertz CT molecular complexity index is 817. The van der Waals surface area contributed by atoms with E-state index in [4.69, 9.17) is 10.00 Å². The molecular weight excluding hydrogens is 382 g/mol. The second kappa shape index (κ2) is 8.04. The smallest absolute Gasteiger partial charge is 0.315 e. The first-order chi connectivity index (χ1) is 12.2. The summed E-state index contributed by atoms with van der Waals surface area (Å²) in [5.41, 5.74) is 3.37. The zero-order valence-corrected chi connectivity index (χ0v) is 15.2. The van der Waals surface area contributed by atoms with E-state index in [0.717, 1.165) is 22.9 Å². The molecule has 1 aliphatic carbocycles. The van der Waals surface area contributed by atoms with E-state index in [1.165, 1.54) is 11.1 Å². The summed E-state index contributed by atoms with van der Waals surface area (Å²) in [6.45, 7) is 0.404. The Balaban J connectivity index is 1.55. The Morgan fingerprint density at radius 3 is 3.00 bits per heavy atom. The van der Waals surface area contributed by atoms with Crippen molar-refractivity contribution in [2.45, 2.75) is 25.4 Å². The topological polar surface area (TPSA) is 74.1 Å². The first-order valence-electron chi connectivity index (χ1n) is 8.07. The molecule has 0 spiro atoms. The van der Waals surface area contributed by atoms with Crippen LogP contribution in [0.3, 0.4) is 0 Å². The zero-order chi connectivity index (χ0) is 17.6. The highest BCUT2D eigenvalue weighted by Gasteiger charge is 2.25. The Hall–Kier alpha value is -2.52. The summed E-state index contributed by atoms with van der Waals surface area (Å²) >= 11 is 3.57. The number of carbonyl (C=O) groups excluding carboxylic acids is 1. The van der Waals surface area contributed by atoms with Gasteiger partial charge in [-0.25, -0.2) is 4.79 Å². The number of nitrogens with zero attached hydrogens (tertiary/aromatic N) is 1. The number of urea groups is 1. The van der Waals surface area contributed by atoms with Crippen molar-refractivity contribution in [3.63, 3.8) is 0 Å². The van der Waals surface area contributed by atoms with E-state index in [9.17, 15) is 4.79 Å². The third-order valence-electron chi connectivity index (χ3n) is 4.17. The van der Waals surface area contributed by atoms with Gasteiger partial charge in [-0.3, -0.25) is 0 Å². The van der Waals surface area contributed by atoms with Crippen LogP contribution < -0.4 is 15.4 Å². The average molecular weight is 400 g/mol. The second-order valence-corrected chi connectivity index (χ2v) is 6.67. The van der Waals surface area contributed by atoms with Gasteiger partial charge in [0.15, 0.2) is 6.61 Å². The molecule has 0 saturated carbocycles. The number of carbonyl (C=O) groups is 1. The summed E-state index contributed by atoms with van der Waals surface area (Å²) in [5, 5.41) is 14.5. The number of amides is 2. The van der Waals surface area contributed by atoms with Crippen molar-refractivity contribution in [2.75, 3.05) is 6.61 Å². The van der Waals surface area contributed by atoms with Crippen molar-refractivity contribution in [1.82, 2.24) is 10.6 Å². The minimum Gasteiger partial charge on any atom is -0.479 e. The molecule has 1 atom stereocenters. The van der Waals surface area contributed by atoms with Crippen LogP contribution in [0.1, 0.15) is 29.2 Å². The highest BCUT2D eigenvalue weighted by molar-refractivity contribution is 9.10. The molecule has 0 radical (unpaired) electrons. The maximum absolute atomic E-state index is 12.2. The van der Waals surface area contributed by atoms with E-state index in [-0.39, 0.29) is 18.7 Å². The highest BCUT2D eigenvalue weighted by atomic mass is 79.9. The molecule has 0 fully saturated rings. The van der Waals surface area contributed by atoms with Crippen LogP contribution in [0.25, 0.3) is 0 Å². The molecule has 5 nitrogen and oxygen atoms in total. The van der Waals surface area contributed by atoms with Crippen LogP contribution in [0.2, 0.25) is 0 Å². The molecule has 25 heavy (non-hydrogen) atoms. The van der Waals surface area contributed by atoms with Gasteiger partial charge in [-0.05, 0) is 47.7 Å². The van der Waals surface area contributed by atoms with Gasteiger partial charge in [0, 0.05) is 11.0 Å². The number of hydrogen-bond donors (Lipinski definition) is 2. The van der Waals surface area contributed by atoms with Gasteiger partial charge < -0.3 is 15.4 Å². The van der Waals surface area contributed by atoms with Gasteiger partial charge in [0.05, 0.1) is 6.04 Å². The predicted molar refractivity (Wildman–Crippen MR) is 98.1 cm³/mol. The molecule has 6 heteroatoms. The van der Waals surface area contributed by atoms with Gasteiger partial charge in [0.2, 0.25) is 0 Å². The van der Waals surface area contributed by atoms with E-state index < -0.39 is 0 Å². The van der Waals surface area contributed by atoms with E-state index in [1.807, 2.05) is 36.4 Å². The fourth-order valence-corrected chi connectivity index (χ4v) is 3.59. The number of ether oxygens (including phenoxy) is 1. The summed E-state index contributed by atoms with van der Waals surface area (Å²) in [6.07, 6.45) is 1.86. The van der Waals surface area contributed by atoms with Crippen LogP contribution in [0.5, 0.6) is 5.75 Å². The number of nitrogens with one attached hydrogen (secondary N) is 2. The molecule has 2 aromatic carbocycles. The fraction of sp³-hybridized carbons (Fsp3) is 0.263. The maximum Gasteiger partial charge on any atom is 0.315 e. The molecule has 0 bridgehead atoms. The average Bonchev–Trinajstić information content (AvgIpc) is 3.03. The van der Waals surface area contributed by atoms with E-state index in [2.05, 4.69) is 32.6 Å². The highest BCUT2D eigenvalue weighted by Crippen LogP contribution is 2.35. The minimum absolute atomic E-state index is 0.00795. The Morgan fingerprint density at radius 1 is 1.32 bits per heavy atom. The molecule has 2 aromatic rings. The minimum atomic E-state index is -0.193. The number of halogens is 1. The molecule has 0 aliphatic heterocycles. The summed E-state index contributed by atoms with van der Waals surface area (Å²) < 4.78 is 6.37. The second-order valence-electron chi connectivity index (χ2n) is 5.82. The summed E-state index contributed by atoms with van der Waals surface area (Å²) in [7, 11) is 0. The first-order valence-corrected chi connectivity index (χ1v) is 8.87. The van der Waals surface area contributed by atoms with Gasteiger partial charge in [0.1, 0.15) is 11.8 Å². The molecule has 0 saturated heterocycles. The van der Waals surface area contributed by atoms with Crippen molar-refractivity contribution < 1.29 is 9.53 Å². The van der Waals surface area contributed by atoms with Crippen molar-refractivity contribution in [1.29, 1.82) is 5.26 Å². The molecule has 2 amide bonds. The van der Waals surface area contributed by atoms with Gasteiger partial charge >= 0.3 is 6.03 Å². The number of nitriles is 1. The van der Waals surface area contributed by atoms with Crippen LogP contribution >= 0.6 is 15.9 Å². The van der Waals surface area contributed by atoms with Gasteiger partial charge in [0.25, 0.3) is 0 Å². The van der Waals surface area contributed by atoms with Crippen LogP contribution in [-0.4, -0.2) is 12.6 Å². The molecule has 1 aliphatic rings. The monoisotopic (exact) mass is 399 g/mol. The standard InChI is InChI=1S/C19H18BrN3O2/c20-17-6-2-5-16-15(17)7-8-18(16)23-19(24)22-12-13-3-1-4-14(11-13)25-10-9-21/h1-6,11,18H,7-8,10,12H2,(H2,22,23,24). The first kappa shape index (κ1) is 17.3. The third-order valence-corrected chi connectivity index (χ3v) is 4.92. The van der Waals surface area contributed by atoms with E-state index in [1.54, 1.807) is 6.07 Å². The van der Waals surface area contributed by atoms with Crippen molar-refractivity contribution in [3.05, 3.63) is 63.6 Å². The fourth-order valence-electron chi connectivity index (χ4n) is 3.01.